The summed E-state index contributed by atoms with van der Waals surface area (Å²) in [5.74, 6) is 0.605. The Kier molecular flexibility index (Phi) is 6.83. The fourth-order valence-corrected chi connectivity index (χ4v) is 4.39. The standard InChI is InChI=1S/C21H27N3O3S/c1-4-17-13-18(20(26)15-5-7-16(27-3)8-6-15)21(28-17)22-19(25)14-24-11-9-23(2)10-12-24/h5-8,13H,4,9-12,14H2,1-3H3,(H,22,25)/p+2. The van der Waals surface area contributed by atoms with Crippen molar-refractivity contribution in [3.8, 4) is 5.75 Å². The highest BCUT2D eigenvalue weighted by Crippen LogP contribution is 2.30. The molecule has 0 radical (unpaired) electrons. The van der Waals surface area contributed by atoms with Gasteiger partial charge in [-0.05, 0) is 36.8 Å². The van der Waals surface area contributed by atoms with E-state index in [1.165, 1.54) is 21.1 Å². The maximum Gasteiger partial charge on any atom is 0.280 e. The fraction of sp³-hybridized carbons (Fsp3) is 0.429. The second kappa shape index (κ2) is 9.32. The minimum Gasteiger partial charge on any atom is -0.497 e. The van der Waals surface area contributed by atoms with Gasteiger partial charge >= 0.3 is 0 Å². The van der Waals surface area contributed by atoms with Crippen LogP contribution in [0.5, 0.6) is 5.75 Å². The number of methoxy groups -OCH3 is 1. The summed E-state index contributed by atoms with van der Waals surface area (Å²) in [6.07, 6.45) is 0.829. The summed E-state index contributed by atoms with van der Waals surface area (Å²) in [7, 11) is 3.78. The van der Waals surface area contributed by atoms with E-state index in [1.54, 1.807) is 31.4 Å². The monoisotopic (exact) mass is 403 g/mol. The van der Waals surface area contributed by atoms with Crippen LogP contribution >= 0.6 is 11.3 Å². The van der Waals surface area contributed by atoms with E-state index in [2.05, 4.69) is 19.3 Å². The lowest BCUT2D eigenvalue weighted by molar-refractivity contribution is -0.999. The van der Waals surface area contributed by atoms with E-state index in [1.807, 2.05) is 6.07 Å². The number of amides is 1. The van der Waals surface area contributed by atoms with Crippen LogP contribution in [-0.2, 0) is 11.2 Å². The molecule has 0 saturated carbocycles. The molecule has 0 unspecified atom stereocenters. The number of piperazine rings is 1. The number of nitrogens with one attached hydrogen (secondary N) is 3. The summed E-state index contributed by atoms with van der Waals surface area (Å²) >= 11 is 1.49. The Morgan fingerprint density at radius 2 is 1.82 bits per heavy atom. The number of benzene rings is 1. The third-order valence-corrected chi connectivity index (χ3v) is 6.40. The summed E-state index contributed by atoms with van der Waals surface area (Å²) in [4.78, 5) is 29.5. The number of likely N-dealkylation sites (N-methyl/N-ethyl adjacent to an activating group) is 1. The van der Waals surface area contributed by atoms with Crippen LogP contribution in [0.1, 0.15) is 27.7 Å². The van der Waals surface area contributed by atoms with Crippen molar-refractivity contribution in [3.63, 3.8) is 0 Å². The molecule has 0 bridgehead atoms. The summed E-state index contributed by atoms with van der Waals surface area (Å²) in [6, 6.07) is 8.97. The fourth-order valence-electron chi connectivity index (χ4n) is 3.38. The average Bonchev–Trinajstić information content (AvgIpc) is 3.12. The maximum absolute atomic E-state index is 13.0. The van der Waals surface area contributed by atoms with Gasteiger partial charge in [-0.1, -0.05) is 6.92 Å². The molecule has 1 aromatic heterocycles. The Labute approximate surface area is 170 Å². The molecular weight excluding hydrogens is 374 g/mol. The molecule has 0 atom stereocenters. The number of anilines is 1. The van der Waals surface area contributed by atoms with Gasteiger partial charge in [-0.2, -0.15) is 0 Å². The highest BCUT2D eigenvalue weighted by molar-refractivity contribution is 7.16. The molecular formula is C21H29N3O3S+2. The smallest absolute Gasteiger partial charge is 0.280 e. The van der Waals surface area contributed by atoms with Gasteiger partial charge in [0.25, 0.3) is 5.91 Å². The molecule has 7 heteroatoms. The SMILES string of the molecule is CCc1cc(C(=O)c2ccc(OC)cc2)c(NC(=O)C[NH+]2CC[NH+](C)CC2)s1. The van der Waals surface area contributed by atoms with Crippen LogP contribution in [0.25, 0.3) is 0 Å². The predicted octanol–water partition coefficient (Wildman–Crippen LogP) is -0.0982. The lowest BCUT2D eigenvalue weighted by Gasteiger charge is -2.26. The lowest BCUT2D eigenvalue weighted by atomic mass is 10.0. The number of carbonyl (C=O) groups is 2. The number of rotatable bonds is 7. The predicted molar refractivity (Wildman–Crippen MR) is 111 cm³/mol. The van der Waals surface area contributed by atoms with Crippen molar-refractivity contribution in [2.45, 2.75) is 13.3 Å². The van der Waals surface area contributed by atoms with Crippen LogP contribution in [0.2, 0.25) is 0 Å². The number of quaternary nitrogens is 2. The number of hydrogen-bond acceptors (Lipinski definition) is 4. The van der Waals surface area contributed by atoms with Gasteiger partial charge in [-0.15, -0.1) is 11.3 Å². The van der Waals surface area contributed by atoms with Crippen molar-refractivity contribution in [2.24, 2.45) is 0 Å². The molecule has 3 N–H and O–H groups in total. The van der Waals surface area contributed by atoms with Gasteiger partial charge in [0, 0.05) is 10.4 Å². The zero-order chi connectivity index (χ0) is 20.1. The average molecular weight is 404 g/mol. The number of carbonyl (C=O) groups excluding carboxylic acids is 2. The summed E-state index contributed by atoms with van der Waals surface area (Å²) in [5, 5.41) is 3.66. The molecule has 3 rings (SSSR count). The molecule has 2 heterocycles. The molecule has 1 aliphatic rings. The number of hydrogen-bond donors (Lipinski definition) is 3. The Morgan fingerprint density at radius 1 is 1.14 bits per heavy atom. The Hall–Kier alpha value is -2.22. The lowest BCUT2D eigenvalue weighted by Crippen LogP contribution is -3.27. The number of ether oxygens (including phenoxy) is 1. The van der Waals surface area contributed by atoms with Crippen LogP contribution in [0, 0.1) is 0 Å². The summed E-state index contributed by atoms with van der Waals surface area (Å²) in [6.45, 7) is 6.67. The quantitative estimate of drug-likeness (QED) is 0.566. The van der Waals surface area contributed by atoms with E-state index in [9.17, 15) is 9.59 Å². The van der Waals surface area contributed by atoms with Crippen LogP contribution in [0.4, 0.5) is 5.00 Å². The first-order chi connectivity index (χ1) is 13.5. The number of aryl methyl sites for hydroxylation is 1. The van der Waals surface area contributed by atoms with Crippen molar-refractivity contribution in [1.29, 1.82) is 0 Å². The van der Waals surface area contributed by atoms with E-state index in [4.69, 9.17) is 4.74 Å². The van der Waals surface area contributed by atoms with Gasteiger partial charge in [0.2, 0.25) is 0 Å². The van der Waals surface area contributed by atoms with Gasteiger partial charge in [0.1, 0.15) is 36.9 Å². The highest BCUT2D eigenvalue weighted by Gasteiger charge is 2.24. The topological polar surface area (TPSA) is 64.3 Å². The van der Waals surface area contributed by atoms with E-state index in [0.29, 0.717) is 28.4 Å². The van der Waals surface area contributed by atoms with Crippen molar-refractivity contribution in [2.75, 3.05) is 52.2 Å². The first kappa shape index (κ1) is 20.5. The van der Waals surface area contributed by atoms with E-state index in [0.717, 1.165) is 37.5 Å². The van der Waals surface area contributed by atoms with Gasteiger partial charge < -0.3 is 19.9 Å². The largest absolute Gasteiger partial charge is 0.497 e. The van der Waals surface area contributed by atoms with Crippen LogP contribution in [0.15, 0.2) is 30.3 Å². The highest BCUT2D eigenvalue weighted by atomic mass is 32.1. The van der Waals surface area contributed by atoms with Gasteiger partial charge in [-0.3, -0.25) is 9.59 Å². The molecule has 0 spiro atoms. The summed E-state index contributed by atoms with van der Waals surface area (Å²) in [5.41, 5.74) is 1.16. The minimum absolute atomic E-state index is 0.0252. The van der Waals surface area contributed by atoms with Crippen molar-refractivity contribution < 1.29 is 24.1 Å². The zero-order valence-electron chi connectivity index (χ0n) is 16.8. The first-order valence-corrected chi connectivity index (χ1v) is 10.6. The molecule has 2 aromatic rings. The number of thiophene rings is 1. The van der Waals surface area contributed by atoms with Gasteiger partial charge in [-0.25, -0.2) is 0 Å². The maximum atomic E-state index is 13.0. The number of ketones is 1. The molecule has 1 aromatic carbocycles. The van der Waals surface area contributed by atoms with Crippen LogP contribution < -0.4 is 19.9 Å². The van der Waals surface area contributed by atoms with Gasteiger partial charge in [0.15, 0.2) is 12.3 Å². The molecule has 0 aliphatic carbocycles. The van der Waals surface area contributed by atoms with E-state index >= 15 is 0 Å². The minimum atomic E-state index is -0.0792. The zero-order valence-corrected chi connectivity index (χ0v) is 17.6. The van der Waals surface area contributed by atoms with Crippen molar-refractivity contribution >= 4 is 28.0 Å². The van der Waals surface area contributed by atoms with Crippen molar-refractivity contribution in [1.82, 2.24) is 0 Å². The first-order valence-electron chi connectivity index (χ1n) is 9.76. The third kappa shape index (κ3) is 4.98. The molecule has 1 saturated heterocycles. The third-order valence-electron chi connectivity index (χ3n) is 5.20. The normalized spacial score (nSPS) is 19.2. The van der Waals surface area contributed by atoms with E-state index in [-0.39, 0.29) is 11.7 Å². The van der Waals surface area contributed by atoms with Crippen LogP contribution in [0.3, 0.4) is 0 Å². The van der Waals surface area contributed by atoms with Gasteiger partial charge in [0.05, 0.1) is 19.7 Å². The Morgan fingerprint density at radius 3 is 2.43 bits per heavy atom. The van der Waals surface area contributed by atoms with Crippen molar-refractivity contribution in [3.05, 3.63) is 46.3 Å². The van der Waals surface area contributed by atoms with Crippen LogP contribution in [-0.4, -0.2) is 58.6 Å². The molecule has 6 nitrogen and oxygen atoms in total. The second-order valence-corrected chi connectivity index (χ2v) is 8.44. The molecule has 1 aliphatic heterocycles. The molecule has 1 amide bonds. The molecule has 28 heavy (non-hydrogen) atoms. The Bertz CT molecular complexity index is 824. The molecule has 1 fully saturated rings. The summed E-state index contributed by atoms with van der Waals surface area (Å²) < 4.78 is 5.16. The van der Waals surface area contributed by atoms with E-state index < -0.39 is 0 Å². The molecule has 150 valence electrons. The Balaban J connectivity index is 1.72. The second-order valence-electron chi connectivity index (χ2n) is 7.30.